The second-order valence-corrected chi connectivity index (χ2v) is 8.49. The molecule has 0 radical (unpaired) electrons. The first-order chi connectivity index (χ1) is 16.1. The molecule has 0 aliphatic rings. The zero-order valence-electron chi connectivity index (χ0n) is 18.8. The summed E-state index contributed by atoms with van der Waals surface area (Å²) in [6, 6.07) is 23.2. The molecular weight excluding hydrogens is 434 g/mol. The summed E-state index contributed by atoms with van der Waals surface area (Å²) in [6.07, 6.45) is 2.48. The van der Waals surface area contributed by atoms with Crippen molar-refractivity contribution in [1.29, 1.82) is 0 Å². The summed E-state index contributed by atoms with van der Waals surface area (Å²) < 4.78 is 8.20. The molecule has 1 heterocycles. The van der Waals surface area contributed by atoms with Gasteiger partial charge in [0.25, 0.3) is 5.91 Å². The van der Waals surface area contributed by atoms with Crippen LogP contribution in [0.25, 0.3) is 11.0 Å². The number of ether oxygens (including phenoxy) is 1. The molecule has 5 nitrogen and oxygen atoms in total. The van der Waals surface area contributed by atoms with Crippen molar-refractivity contribution in [3.8, 4) is 5.75 Å². The topological polar surface area (TPSA) is 56.1 Å². The number of rotatable bonds is 10. The van der Waals surface area contributed by atoms with Gasteiger partial charge in [-0.15, -0.1) is 0 Å². The Morgan fingerprint density at radius 1 is 1.03 bits per heavy atom. The van der Waals surface area contributed by atoms with E-state index < -0.39 is 0 Å². The Hall–Kier alpha value is -3.31. The molecule has 0 fully saturated rings. The van der Waals surface area contributed by atoms with Crippen molar-refractivity contribution in [2.75, 3.05) is 13.2 Å². The Morgan fingerprint density at radius 3 is 2.67 bits per heavy atom. The second kappa shape index (κ2) is 11.0. The van der Waals surface area contributed by atoms with Crippen LogP contribution in [-0.4, -0.2) is 28.6 Å². The minimum Gasteiger partial charge on any atom is -0.494 e. The number of carbonyl (C=O) groups is 1. The van der Waals surface area contributed by atoms with E-state index >= 15 is 0 Å². The summed E-state index contributed by atoms with van der Waals surface area (Å²) in [5.41, 5.74) is 3.93. The average Bonchev–Trinajstić information content (AvgIpc) is 3.17. The van der Waals surface area contributed by atoms with E-state index in [1.165, 1.54) is 5.56 Å². The molecule has 0 atom stereocenters. The summed E-state index contributed by atoms with van der Waals surface area (Å²) in [6.45, 7) is 4.13. The van der Waals surface area contributed by atoms with Gasteiger partial charge in [-0.05, 0) is 73.9 Å². The van der Waals surface area contributed by atoms with Crippen LogP contribution < -0.4 is 10.1 Å². The Kier molecular flexibility index (Phi) is 7.63. The van der Waals surface area contributed by atoms with Crippen molar-refractivity contribution in [3.63, 3.8) is 0 Å². The van der Waals surface area contributed by atoms with Crippen LogP contribution in [0.5, 0.6) is 5.75 Å². The van der Waals surface area contributed by atoms with E-state index in [9.17, 15) is 4.79 Å². The first-order valence-corrected chi connectivity index (χ1v) is 11.7. The number of amides is 1. The van der Waals surface area contributed by atoms with Crippen molar-refractivity contribution >= 4 is 28.5 Å². The summed E-state index contributed by atoms with van der Waals surface area (Å²) in [7, 11) is 0. The van der Waals surface area contributed by atoms with Gasteiger partial charge in [-0.2, -0.15) is 0 Å². The zero-order chi connectivity index (χ0) is 23.0. The number of carbonyl (C=O) groups excluding carboxylic acids is 1. The number of hydrogen-bond acceptors (Lipinski definition) is 3. The van der Waals surface area contributed by atoms with Crippen LogP contribution in [0.4, 0.5) is 0 Å². The maximum Gasteiger partial charge on any atom is 0.251 e. The number of aryl methyl sites for hydroxylation is 3. The van der Waals surface area contributed by atoms with Crippen molar-refractivity contribution < 1.29 is 9.53 Å². The summed E-state index contributed by atoms with van der Waals surface area (Å²) in [5, 5.41) is 3.60. The van der Waals surface area contributed by atoms with E-state index in [-0.39, 0.29) is 5.91 Å². The van der Waals surface area contributed by atoms with Crippen LogP contribution in [0.1, 0.15) is 34.6 Å². The van der Waals surface area contributed by atoms with Gasteiger partial charge in [0.05, 0.1) is 17.6 Å². The molecular formula is C27H28ClN3O2. The number of hydrogen-bond donors (Lipinski definition) is 1. The number of aromatic nitrogens is 2. The van der Waals surface area contributed by atoms with Gasteiger partial charge in [0.2, 0.25) is 0 Å². The van der Waals surface area contributed by atoms with Crippen LogP contribution >= 0.6 is 11.6 Å². The maximum atomic E-state index is 12.3. The molecule has 0 bridgehead atoms. The number of benzene rings is 3. The minimum absolute atomic E-state index is 0.0894. The monoisotopic (exact) mass is 461 g/mol. The largest absolute Gasteiger partial charge is 0.494 e. The molecule has 0 aliphatic heterocycles. The zero-order valence-corrected chi connectivity index (χ0v) is 19.5. The minimum atomic E-state index is -0.0894. The Bertz CT molecular complexity index is 1220. The van der Waals surface area contributed by atoms with E-state index in [1.54, 1.807) is 24.3 Å². The Morgan fingerprint density at radius 2 is 1.85 bits per heavy atom. The van der Waals surface area contributed by atoms with Gasteiger partial charge < -0.3 is 14.6 Å². The SMILES string of the molecule is Cc1cccc(OCCCn2c(CCCNC(=O)c3ccc(Cl)cc3)nc3ccccc32)c1. The smallest absolute Gasteiger partial charge is 0.251 e. The number of nitrogens with one attached hydrogen (secondary N) is 1. The van der Waals surface area contributed by atoms with Crippen molar-refractivity contribution in [2.24, 2.45) is 0 Å². The van der Waals surface area contributed by atoms with Crippen LogP contribution in [-0.2, 0) is 13.0 Å². The lowest BCUT2D eigenvalue weighted by molar-refractivity contribution is 0.0953. The summed E-state index contributed by atoms with van der Waals surface area (Å²) in [4.78, 5) is 17.1. The van der Waals surface area contributed by atoms with E-state index in [0.29, 0.717) is 23.7 Å². The lowest BCUT2D eigenvalue weighted by atomic mass is 10.2. The lowest BCUT2D eigenvalue weighted by Gasteiger charge is -2.11. The molecule has 1 aromatic heterocycles. The van der Waals surface area contributed by atoms with Gasteiger partial charge in [0.15, 0.2) is 0 Å². The normalized spacial score (nSPS) is 11.0. The molecule has 33 heavy (non-hydrogen) atoms. The fraction of sp³-hybridized carbons (Fsp3) is 0.259. The molecule has 3 aromatic carbocycles. The number of halogens is 1. The van der Waals surface area contributed by atoms with Crippen molar-refractivity contribution in [1.82, 2.24) is 14.9 Å². The summed E-state index contributed by atoms with van der Waals surface area (Å²) >= 11 is 5.89. The molecule has 170 valence electrons. The highest BCUT2D eigenvalue weighted by molar-refractivity contribution is 6.30. The molecule has 0 unspecified atom stereocenters. The number of fused-ring (bicyclic) bond motifs is 1. The molecule has 1 amide bonds. The van der Waals surface area contributed by atoms with Crippen molar-refractivity contribution in [3.05, 3.63) is 94.8 Å². The molecule has 0 spiro atoms. The number of para-hydroxylation sites is 2. The molecule has 6 heteroatoms. The van der Waals surface area contributed by atoms with Crippen molar-refractivity contribution in [2.45, 2.75) is 32.7 Å². The highest BCUT2D eigenvalue weighted by Gasteiger charge is 2.11. The van der Waals surface area contributed by atoms with Crippen LogP contribution in [0.3, 0.4) is 0 Å². The fourth-order valence-corrected chi connectivity index (χ4v) is 3.96. The first-order valence-electron chi connectivity index (χ1n) is 11.3. The third kappa shape index (κ3) is 6.14. The Labute approximate surface area is 199 Å². The van der Waals surface area contributed by atoms with Crippen LogP contribution in [0.2, 0.25) is 5.02 Å². The number of imidazole rings is 1. The molecule has 0 aliphatic carbocycles. The van der Waals surface area contributed by atoms with Gasteiger partial charge in [-0.1, -0.05) is 35.9 Å². The van der Waals surface area contributed by atoms with Crippen LogP contribution in [0, 0.1) is 6.92 Å². The predicted octanol–water partition coefficient (Wildman–Crippen LogP) is 5.83. The summed E-state index contributed by atoms with van der Waals surface area (Å²) in [5.74, 6) is 1.85. The first kappa shape index (κ1) is 22.9. The fourth-order valence-electron chi connectivity index (χ4n) is 3.84. The van der Waals surface area contributed by atoms with Gasteiger partial charge in [0.1, 0.15) is 11.6 Å². The van der Waals surface area contributed by atoms with Gasteiger partial charge in [0, 0.05) is 30.1 Å². The molecule has 0 saturated heterocycles. The quantitative estimate of drug-likeness (QED) is 0.302. The Balaban J connectivity index is 1.32. The third-order valence-electron chi connectivity index (χ3n) is 5.49. The lowest BCUT2D eigenvalue weighted by Crippen LogP contribution is -2.25. The van der Waals surface area contributed by atoms with E-state index in [0.717, 1.165) is 48.4 Å². The third-order valence-corrected chi connectivity index (χ3v) is 5.74. The second-order valence-electron chi connectivity index (χ2n) is 8.05. The van der Waals surface area contributed by atoms with E-state index in [1.807, 2.05) is 30.3 Å². The average molecular weight is 462 g/mol. The maximum absolute atomic E-state index is 12.3. The van der Waals surface area contributed by atoms with Gasteiger partial charge in [-0.25, -0.2) is 4.98 Å². The van der Waals surface area contributed by atoms with Gasteiger partial charge in [-0.3, -0.25) is 4.79 Å². The van der Waals surface area contributed by atoms with Gasteiger partial charge >= 0.3 is 0 Å². The predicted molar refractivity (Wildman–Crippen MR) is 133 cm³/mol. The highest BCUT2D eigenvalue weighted by Crippen LogP contribution is 2.18. The molecule has 1 N–H and O–H groups in total. The molecule has 4 rings (SSSR count). The van der Waals surface area contributed by atoms with E-state index in [2.05, 4.69) is 35.0 Å². The number of nitrogens with zero attached hydrogens (tertiary/aromatic N) is 2. The standard InChI is InChI=1S/C27H28ClN3O2/c1-20-7-4-8-23(19-20)33-18-6-17-31-25-10-3-2-9-24(25)30-26(31)11-5-16-29-27(32)21-12-14-22(28)15-13-21/h2-4,7-10,12-15,19H,5-6,11,16-18H2,1H3,(H,29,32). The molecule has 4 aromatic rings. The molecule has 0 saturated carbocycles. The van der Waals surface area contributed by atoms with E-state index in [4.69, 9.17) is 21.3 Å². The highest BCUT2D eigenvalue weighted by atomic mass is 35.5. The van der Waals surface area contributed by atoms with Crippen LogP contribution in [0.15, 0.2) is 72.8 Å².